The van der Waals surface area contributed by atoms with Crippen LogP contribution in [0.1, 0.15) is 38.7 Å². The molecule has 3 rings (SSSR count). The maximum absolute atomic E-state index is 12.8. The summed E-state index contributed by atoms with van der Waals surface area (Å²) < 4.78 is 0. The van der Waals surface area contributed by atoms with Gasteiger partial charge in [0.1, 0.15) is 0 Å². The Labute approximate surface area is 121 Å². The molecule has 0 aromatic heterocycles. The zero-order valence-corrected chi connectivity index (χ0v) is 12.6. The van der Waals surface area contributed by atoms with E-state index in [0.29, 0.717) is 5.92 Å². The van der Waals surface area contributed by atoms with Gasteiger partial charge in [-0.2, -0.15) is 0 Å². The first-order valence-electron chi connectivity index (χ1n) is 7.44. The SMILES string of the molecule is C=C1C2(C(=O)Nc3ccc(C)cc3)CCC(C2)C1(C)C. The number of amides is 1. The Hall–Kier alpha value is -1.57. The highest BCUT2D eigenvalue weighted by molar-refractivity contribution is 5.98. The standard InChI is InChI=1S/C18H23NO/c1-12-5-7-15(8-6-12)19-16(20)18-10-9-14(11-18)17(3,4)13(18)2/h5-8,14H,2,9-11H2,1,3-4H3,(H,19,20). The fraction of sp³-hybridized carbons (Fsp3) is 0.500. The molecule has 2 heteroatoms. The second-order valence-corrected chi connectivity index (χ2v) is 7.04. The van der Waals surface area contributed by atoms with Crippen molar-refractivity contribution in [3.8, 4) is 0 Å². The van der Waals surface area contributed by atoms with E-state index in [4.69, 9.17) is 0 Å². The predicted molar refractivity (Wildman–Crippen MR) is 82.5 cm³/mol. The van der Waals surface area contributed by atoms with Crippen molar-refractivity contribution in [2.24, 2.45) is 16.7 Å². The summed E-state index contributed by atoms with van der Waals surface area (Å²) >= 11 is 0. The Morgan fingerprint density at radius 2 is 1.95 bits per heavy atom. The summed E-state index contributed by atoms with van der Waals surface area (Å²) in [6, 6.07) is 7.99. The molecule has 2 unspecified atom stereocenters. The average Bonchev–Trinajstić information content (AvgIpc) is 2.93. The number of benzene rings is 1. The normalized spacial score (nSPS) is 30.6. The van der Waals surface area contributed by atoms with Gasteiger partial charge in [-0.05, 0) is 49.7 Å². The first-order valence-corrected chi connectivity index (χ1v) is 7.44. The quantitative estimate of drug-likeness (QED) is 0.796. The minimum Gasteiger partial charge on any atom is -0.325 e. The van der Waals surface area contributed by atoms with Crippen molar-refractivity contribution < 1.29 is 4.79 Å². The van der Waals surface area contributed by atoms with Gasteiger partial charge in [0.25, 0.3) is 0 Å². The summed E-state index contributed by atoms with van der Waals surface area (Å²) in [6.45, 7) is 10.8. The lowest BCUT2D eigenvalue weighted by molar-refractivity contribution is -0.123. The summed E-state index contributed by atoms with van der Waals surface area (Å²) in [4.78, 5) is 12.8. The zero-order valence-electron chi connectivity index (χ0n) is 12.6. The second kappa shape index (κ2) is 4.21. The van der Waals surface area contributed by atoms with Gasteiger partial charge < -0.3 is 5.32 Å². The van der Waals surface area contributed by atoms with Gasteiger partial charge in [0.15, 0.2) is 0 Å². The molecule has 1 aromatic carbocycles. The average molecular weight is 269 g/mol. The maximum atomic E-state index is 12.8. The van der Waals surface area contributed by atoms with E-state index in [1.807, 2.05) is 31.2 Å². The Balaban J connectivity index is 1.84. The van der Waals surface area contributed by atoms with Crippen LogP contribution in [0.2, 0.25) is 0 Å². The number of nitrogens with one attached hydrogen (secondary N) is 1. The summed E-state index contributed by atoms with van der Waals surface area (Å²) in [5, 5.41) is 3.10. The van der Waals surface area contributed by atoms with E-state index in [9.17, 15) is 4.79 Å². The number of fused-ring (bicyclic) bond motifs is 2. The molecule has 0 saturated heterocycles. The molecule has 2 aliphatic carbocycles. The summed E-state index contributed by atoms with van der Waals surface area (Å²) in [7, 11) is 0. The van der Waals surface area contributed by atoms with Crippen molar-refractivity contribution in [3.05, 3.63) is 42.0 Å². The summed E-state index contributed by atoms with van der Waals surface area (Å²) in [5.74, 6) is 0.748. The number of carbonyl (C=O) groups excluding carboxylic acids is 1. The third-order valence-electron chi connectivity index (χ3n) is 5.63. The van der Waals surface area contributed by atoms with Gasteiger partial charge >= 0.3 is 0 Å². The van der Waals surface area contributed by atoms with Gasteiger partial charge in [-0.25, -0.2) is 0 Å². The molecule has 106 valence electrons. The molecule has 2 saturated carbocycles. The zero-order chi connectivity index (χ0) is 14.5. The lowest BCUT2D eigenvalue weighted by Gasteiger charge is -2.37. The second-order valence-electron chi connectivity index (χ2n) is 7.04. The molecule has 2 atom stereocenters. The van der Waals surface area contributed by atoms with Crippen LogP contribution in [-0.4, -0.2) is 5.91 Å². The molecule has 2 nitrogen and oxygen atoms in total. The van der Waals surface area contributed by atoms with E-state index in [2.05, 4.69) is 25.7 Å². The van der Waals surface area contributed by atoms with Crippen LogP contribution >= 0.6 is 0 Å². The third kappa shape index (κ3) is 1.74. The number of anilines is 1. The number of hydrogen-bond acceptors (Lipinski definition) is 1. The monoisotopic (exact) mass is 269 g/mol. The molecular weight excluding hydrogens is 246 g/mol. The van der Waals surface area contributed by atoms with Crippen LogP contribution in [0.5, 0.6) is 0 Å². The predicted octanol–water partition coefficient (Wildman–Crippen LogP) is 4.32. The molecule has 20 heavy (non-hydrogen) atoms. The fourth-order valence-electron chi connectivity index (χ4n) is 4.03. The summed E-state index contributed by atoms with van der Waals surface area (Å²) in [6.07, 6.45) is 3.07. The highest BCUT2D eigenvalue weighted by Crippen LogP contribution is 2.65. The number of aryl methyl sites for hydroxylation is 1. The molecule has 0 radical (unpaired) electrons. The van der Waals surface area contributed by atoms with Gasteiger partial charge in [0.2, 0.25) is 5.91 Å². The minimum atomic E-state index is -0.334. The van der Waals surface area contributed by atoms with Crippen molar-refractivity contribution >= 4 is 11.6 Å². The van der Waals surface area contributed by atoms with E-state index < -0.39 is 0 Å². The molecule has 2 bridgehead atoms. The van der Waals surface area contributed by atoms with Crippen molar-refractivity contribution in [1.82, 2.24) is 0 Å². The van der Waals surface area contributed by atoms with E-state index >= 15 is 0 Å². The van der Waals surface area contributed by atoms with E-state index in [1.54, 1.807) is 0 Å². The van der Waals surface area contributed by atoms with Crippen LogP contribution in [0, 0.1) is 23.7 Å². The van der Waals surface area contributed by atoms with Gasteiger partial charge in [0, 0.05) is 5.69 Å². The first-order chi connectivity index (χ1) is 9.36. The number of carbonyl (C=O) groups is 1. The smallest absolute Gasteiger partial charge is 0.234 e. The minimum absolute atomic E-state index is 0.100. The van der Waals surface area contributed by atoms with Crippen LogP contribution < -0.4 is 5.32 Å². The maximum Gasteiger partial charge on any atom is 0.234 e. The van der Waals surface area contributed by atoms with Gasteiger partial charge in [-0.1, -0.05) is 43.7 Å². The first kappa shape index (κ1) is 13.4. The van der Waals surface area contributed by atoms with E-state index in [0.717, 1.165) is 30.5 Å². The Morgan fingerprint density at radius 1 is 1.30 bits per heavy atom. The molecule has 2 aliphatic rings. The Morgan fingerprint density at radius 3 is 2.50 bits per heavy atom. The van der Waals surface area contributed by atoms with E-state index in [-0.39, 0.29) is 16.7 Å². The molecule has 2 fully saturated rings. The van der Waals surface area contributed by atoms with Crippen LogP contribution in [0.3, 0.4) is 0 Å². The topological polar surface area (TPSA) is 29.1 Å². The molecule has 0 spiro atoms. The number of hydrogen-bond donors (Lipinski definition) is 1. The van der Waals surface area contributed by atoms with Crippen LogP contribution in [-0.2, 0) is 4.79 Å². The molecule has 1 amide bonds. The molecular formula is C18H23NO. The summed E-state index contributed by atoms with van der Waals surface area (Å²) in [5.41, 5.74) is 2.98. The molecule has 0 aliphatic heterocycles. The van der Waals surface area contributed by atoms with Gasteiger partial charge in [-0.3, -0.25) is 4.79 Å². The van der Waals surface area contributed by atoms with Crippen LogP contribution in [0.4, 0.5) is 5.69 Å². The Kier molecular flexibility index (Phi) is 2.82. The van der Waals surface area contributed by atoms with Crippen LogP contribution in [0.25, 0.3) is 0 Å². The molecule has 0 heterocycles. The Bertz CT molecular complexity index is 570. The highest BCUT2D eigenvalue weighted by atomic mass is 16.2. The lowest BCUT2D eigenvalue weighted by Crippen LogP contribution is -2.37. The van der Waals surface area contributed by atoms with E-state index in [1.165, 1.54) is 5.56 Å². The van der Waals surface area contributed by atoms with Gasteiger partial charge in [0.05, 0.1) is 5.41 Å². The fourth-order valence-corrected chi connectivity index (χ4v) is 4.03. The lowest BCUT2D eigenvalue weighted by atomic mass is 9.68. The van der Waals surface area contributed by atoms with Crippen molar-refractivity contribution in [2.45, 2.75) is 40.0 Å². The van der Waals surface area contributed by atoms with Crippen molar-refractivity contribution in [3.63, 3.8) is 0 Å². The number of rotatable bonds is 2. The largest absolute Gasteiger partial charge is 0.325 e. The van der Waals surface area contributed by atoms with Crippen molar-refractivity contribution in [1.29, 1.82) is 0 Å². The van der Waals surface area contributed by atoms with Gasteiger partial charge in [-0.15, -0.1) is 0 Å². The molecule has 1 N–H and O–H groups in total. The van der Waals surface area contributed by atoms with Crippen LogP contribution in [0.15, 0.2) is 36.4 Å². The van der Waals surface area contributed by atoms with Crippen molar-refractivity contribution in [2.75, 3.05) is 5.32 Å². The molecule has 1 aromatic rings. The highest BCUT2D eigenvalue weighted by Gasteiger charge is 2.60. The third-order valence-corrected chi connectivity index (χ3v) is 5.63.